The molecular weight excluding hydrogens is 246 g/mol. The molecule has 6 heteroatoms. The number of amides is 1. The molecule has 1 amide bonds. The van der Waals surface area contributed by atoms with Crippen LogP contribution in [0.1, 0.15) is 6.92 Å². The molecule has 0 radical (unpaired) electrons. The zero-order valence-corrected chi connectivity index (χ0v) is 10.7. The van der Waals surface area contributed by atoms with Gasteiger partial charge in [-0.25, -0.2) is 0 Å². The molecule has 2 saturated heterocycles. The lowest BCUT2D eigenvalue weighted by atomic mass is 10.2. The predicted molar refractivity (Wildman–Crippen MR) is 62.2 cm³/mol. The van der Waals surface area contributed by atoms with Gasteiger partial charge in [0.25, 0.3) is 5.91 Å². The third kappa shape index (κ3) is 3.31. The van der Waals surface area contributed by atoms with Crippen molar-refractivity contribution in [3.8, 4) is 0 Å². The Morgan fingerprint density at radius 2 is 2.24 bits per heavy atom. The van der Waals surface area contributed by atoms with Crippen LogP contribution >= 0.6 is 11.6 Å². The molecule has 2 aliphatic rings. The minimum absolute atomic E-state index is 0.0148. The van der Waals surface area contributed by atoms with Gasteiger partial charge in [-0.15, -0.1) is 11.6 Å². The van der Waals surface area contributed by atoms with E-state index in [-0.39, 0.29) is 18.1 Å². The zero-order chi connectivity index (χ0) is 12.3. The highest BCUT2D eigenvalue weighted by atomic mass is 35.5. The van der Waals surface area contributed by atoms with Crippen molar-refractivity contribution in [2.45, 2.75) is 25.2 Å². The van der Waals surface area contributed by atoms with Crippen molar-refractivity contribution in [3.63, 3.8) is 0 Å². The normalized spacial score (nSPS) is 34.7. The summed E-state index contributed by atoms with van der Waals surface area (Å²) in [5, 5.41) is 0. The van der Waals surface area contributed by atoms with Crippen molar-refractivity contribution < 1.29 is 19.0 Å². The summed E-state index contributed by atoms with van der Waals surface area (Å²) in [4.78, 5) is 13.9. The molecule has 0 spiro atoms. The Labute approximate surface area is 106 Å². The Bertz CT molecular complexity index is 270. The monoisotopic (exact) mass is 263 g/mol. The lowest BCUT2D eigenvalue weighted by Crippen LogP contribution is -2.54. The van der Waals surface area contributed by atoms with Crippen LogP contribution in [0.3, 0.4) is 0 Å². The first kappa shape index (κ1) is 13.1. The number of rotatable bonds is 2. The van der Waals surface area contributed by atoms with Crippen LogP contribution in [0.4, 0.5) is 0 Å². The van der Waals surface area contributed by atoms with Gasteiger partial charge in [-0.1, -0.05) is 0 Å². The van der Waals surface area contributed by atoms with Gasteiger partial charge in [0.2, 0.25) is 0 Å². The maximum absolute atomic E-state index is 12.2. The van der Waals surface area contributed by atoms with E-state index in [4.69, 9.17) is 25.8 Å². The molecule has 2 aliphatic heterocycles. The molecule has 0 aromatic rings. The SMILES string of the molecule is CC1CN(C(=O)C2COCCO2)CC(CCl)O1. The number of hydrogen-bond acceptors (Lipinski definition) is 4. The summed E-state index contributed by atoms with van der Waals surface area (Å²) in [5.41, 5.74) is 0. The van der Waals surface area contributed by atoms with Crippen molar-refractivity contribution in [2.24, 2.45) is 0 Å². The molecule has 0 aliphatic carbocycles. The van der Waals surface area contributed by atoms with Crippen molar-refractivity contribution >= 4 is 17.5 Å². The number of morpholine rings is 1. The van der Waals surface area contributed by atoms with E-state index in [9.17, 15) is 4.79 Å². The Hall–Kier alpha value is -0.360. The van der Waals surface area contributed by atoms with E-state index < -0.39 is 6.10 Å². The second-order valence-electron chi connectivity index (χ2n) is 4.40. The molecule has 2 rings (SSSR count). The lowest BCUT2D eigenvalue weighted by molar-refractivity contribution is -0.167. The average Bonchev–Trinajstić information content (AvgIpc) is 2.38. The summed E-state index contributed by atoms with van der Waals surface area (Å²) in [6.07, 6.45) is -0.542. The van der Waals surface area contributed by atoms with Gasteiger partial charge < -0.3 is 19.1 Å². The molecule has 0 bridgehead atoms. The van der Waals surface area contributed by atoms with E-state index in [1.165, 1.54) is 0 Å². The molecule has 17 heavy (non-hydrogen) atoms. The van der Waals surface area contributed by atoms with Crippen LogP contribution in [0, 0.1) is 0 Å². The van der Waals surface area contributed by atoms with Gasteiger partial charge >= 0.3 is 0 Å². The summed E-state index contributed by atoms with van der Waals surface area (Å²) in [6.45, 7) is 4.45. The fraction of sp³-hybridized carbons (Fsp3) is 0.909. The highest BCUT2D eigenvalue weighted by Gasteiger charge is 2.33. The Balaban J connectivity index is 1.93. The van der Waals surface area contributed by atoms with Gasteiger partial charge in [0.15, 0.2) is 6.10 Å². The Morgan fingerprint density at radius 3 is 2.88 bits per heavy atom. The number of alkyl halides is 1. The molecule has 3 unspecified atom stereocenters. The van der Waals surface area contributed by atoms with Crippen LogP contribution in [0.25, 0.3) is 0 Å². The molecular formula is C11H18ClNO4. The molecule has 3 atom stereocenters. The first-order valence-electron chi connectivity index (χ1n) is 5.90. The molecule has 5 nitrogen and oxygen atoms in total. The molecule has 0 aromatic heterocycles. The highest BCUT2D eigenvalue weighted by molar-refractivity contribution is 6.18. The molecule has 0 aromatic carbocycles. The maximum atomic E-state index is 12.2. The van der Waals surface area contributed by atoms with Crippen molar-refractivity contribution in [2.75, 3.05) is 38.8 Å². The second kappa shape index (κ2) is 6.00. The molecule has 98 valence electrons. The van der Waals surface area contributed by atoms with Crippen LogP contribution < -0.4 is 0 Å². The number of nitrogens with zero attached hydrogens (tertiary/aromatic N) is 1. The highest BCUT2D eigenvalue weighted by Crippen LogP contribution is 2.15. The van der Waals surface area contributed by atoms with Gasteiger partial charge in [-0.3, -0.25) is 4.79 Å². The van der Waals surface area contributed by atoms with Crippen molar-refractivity contribution in [1.29, 1.82) is 0 Å². The van der Waals surface area contributed by atoms with Gasteiger partial charge in [0, 0.05) is 13.1 Å². The van der Waals surface area contributed by atoms with Gasteiger partial charge in [0.1, 0.15) is 0 Å². The maximum Gasteiger partial charge on any atom is 0.254 e. The van der Waals surface area contributed by atoms with E-state index in [2.05, 4.69) is 0 Å². The number of carbonyl (C=O) groups is 1. The summed E-state index contributed by atoms with van der Waals surface area (Å²) in [6, 6.07) is 0. The number of carbonyl (C=O) groups excluding carboxylic acids is 1. The average molecular weight is 264 g/mol. The van der Waals surface area contributed by atoms with Crippen LogP contribution in [0.15, 0.2) is 0 Å². The predicted octanol–water partition coefficient (Wildman–Crippen LogP) is 0.257. The Kier molecular flexibility index (Phi) is 4.62. The fourth-order valence-electron chi connectivity index (χ4n) is 2.14. The lowest BCUT2D eigenvalue weighted by Gasteiger charge is -2.38. The van der Waals surface area contributed by atoms with Crippen LogP contribution in [0.5, 0.6) is 0 Å². The molecule has 0 N–H and O–H groups in total. The van der Waals surface area contributed by atoms with Crippen LogP contribution in [0.2, 0.25) is 0 Å². The second-order valence-corrected chi connectivity index (χ2v) is 4.71. The first-order valence-corrected chi connectivity index (χ1v) is 6.43. The quantitative estimate of drug-likeness (QED) is 0.671. The van der Waals surface area contributed by atoms with E-state index in [1.54, 1.807) is 4.90 Å². The number of ether oxygens (including phenoxy) is 3. The number of halogens is 1. The third-order valence-electron chi connectivity index (χ3n) is 2.90. The summed E-state index contributed by atoms with van der Waals surface area (Å²) < 4.78 is 16.3. The molecule has 0 saturated carbocycles. The summed E-state index contributed by atoms with van der Waals surface area (Å²) >= 11 is 5.78. The van der Waals surface area contributed by atoms with Gasteiger partial charge in [0.05, 0.1) is 37.9 Å². The smallest absolute Gasteiger partial charge is 0.254 e. The zero-order valence-electron chi connectivity index (χ0n) is 9.93. The topological polar surface area (TPSA) is 48.0 Å². The summed E-state index contributed by atoms with van der Waals surface area (Å²) in [5.74, 6) is 0.380. The fourth-order valence-corrected chi connectivity index (χ4v) is 2.31. The molecule has 2 heterocycles. The minimum Gasteiger partial charge on any atom is -0.376 e. The summed E-state index contributed by atoms with van der Waals surface area (Å²) in [7, 11) is 0. The van der Waals surface area contributed by atoms with Crippen LogP contribution in [-0.4, -0.2) is 67.9 Å². The Morgan fingerprint density at radius 1 is 1.41 bits per heavy atom. The van der Waals surface area contributed by atoms with Crippen molar-refractivity contribution in [1.82, 2.24) is 4.90 Å². The van der Waals surface area contributed by atoms with E-state index in [0.717, 1.165) is 0 Å². The largest absolute Gasteiger partial charge is 0.376 e. The third-order valence-corrected chi connectivity index (χ3v) is 3.25. The van der Waals surface area contributed by atoms with E-state index in [1.807, 2.05) is 6.92 Å². The minimum atomic E-state index is -0.468. The van der Waals surface area contributed by atoms with Crippen molar-refractivity contribution in [3.05, 3.63) is 0 Å². The number of hydrogen-bond donors (Lipinski definition) is 0. The van der Waals surface area contributed by atoms with Gasteiger partial charge in [-0.2, -0.15) is 0 Å². The van der Waals surface area contributed by atoms with E-state index >= 15 is 0 Å². The van der Waals surface area contributed by atoms with Crippen LogP contribution in [-0.2, 0) is 19.0 Å². The van der Waals surface area contributed by atoms with Gasteiger partial charge in [-0.05, 0) is 6.92 Å². The first-order chi connectivity index (χ1) is 8.20. The molecule has 2 fully saturated rings. The standard InChI is InChI=1S/C11H18ClNO4/c1-8-5-13(6-9(4-12)17-8)11(14)10-7-15-2-3-16-10/h8-10H,2-7H2,1H3. The van der Waals surface area contributed by atoms with E-state index in [0.29, 0.717) is 38.8 Å².